The van der Waals surface area contributed by atoms with Gasteiger partial charge < -0.3 is 9.47 Å². The zero-order valence-corrected chi connectivity index (χ0v) is 13.3. The Labute approximate surface area is 136 Å². The highest BCUT2D eigenvalue weighted by molar-refractivity contribution is 5.94. The predicted octanol–water partition coefficient (Wildman–Crippen LogP) is 0.926. The maximum atomic E-state index is 12.3. The van der Waals surface area contributed by atoms with E-state index >= 15 is 0 Å². The Morgan fingerprint density at radius 3 is 3.00 bits per heavy atom. The van der Waals surface area contributed by atoms with Crippen molar-refractivity contribution >= 4 is 11.7 Å². The zero-order chi connectivity index (χ0) is 15.7. The first-order chi connectivity index (χ1) is 11.2. The largest absolute Gasteiger partial charge is 0.377 e. The van der Waals surface area contributed by atoms with Gasteiger partial charge in [0.05, 0.1) is 19.8 Å². The standard InChI is InChI=1S/C17H23N3O3/c21-16-10-23-17(12-20(16)15-3-1-2-6-18-15)11-19(7-8-22-13-17)9-14-4-5-14/h1-3,6,14H,4-5,7-13H2/t17-/m0/s1. The third-order valence-corrected chi connectivity index (χ3v) is 4.82. The third-order valence-electron chi connectivity index (χ3n) is 4.82. The number of ether oxygens (including phenoxy) is 2. The number of morpholine rings is 1. The average molecular weight is 317 g/mol. The van der Waals surface area contributed by atoms with Crippen LogP contribution in [-0.2, 0) is 14.3 Å². The third kappa shape index (κ3) is 3.39. The van der Waals surface area contributed by atoms with E-state index in [4.69, 9.17) is 9.47 Å². The number of aromatic nitrogens is 1. The van der Waals surface area contributed by atoms with E-state index in [0.717, 1.165) is 32.2 Å². The van der Waals surface area contributed by atoms with Gasteiger partial charge in [-0.3, -0.25) is 14.6 Å². The normalized spacial score (nSPS) is 29.7. The van der Waals surface area contributed by atoms with Crippen LogP contribution in [0.25, 0.3) is 0 Å². The number of pyridine rings is 1. The van der Waals surface area contributed by atoms with Crippen molar-refractivity contribution in [2.24, 2.45) is 5.92 Å². The first kappa shape index (κ1) is 15.1. The quantitative estimate of drug-likeness (QED) is 0.830. The van der Waals surface area contributed by atoms with Crippen LogP contribution < -0.4 is 4.90 Å². The summed E-state index contributed by atoms with van der Waals surface area (Å²) in [5, 5.41) is 0. The number of hydrogen-bond donors (Lipinski definition) is 0. The van der Waals surface area contributed by atoms with E-state index in [2.05, 4.69) is 9.88 Å². The molecule has 1 amide bonds. The Morgan fingerprint density at radius 2 is 2.22 bits per heavy atom. The Hall–Kier alpha value is -1.50. The molecule has 2 aliphatic heterocycles. The fourth-order valence-electron chi connectivity index (χ4n) is 3.43. The van der Waals surface area contributed by atoms with Gasteiger partial charge in [0.15, 0.2) is 0 Å². The topological polar surface area (TPSA) is 54.9 Å². The average Bonchev–Trinajstić information content (AvgIpc) is 3.40. The molecule has 1 spiro atoms. The smallest absolute Gasteiger partial charge is 0.254 e. The molecule has 0 bridgehead atoms. The lowest BCUT2D eigenvalue weighted by molar-refractivity contribution is -0.146. The molecule has 0 aromatic carbocycles. The Kier molecular flexibility index (Phi) is 4.05. The second-order valence-corrected chi connectivity index (χ2v) is 6.87. The summed E-state index contributed by atoms with van der Waals surface area (Å²) in [7, 11) is 0. The number of amides is 1. The highest BCUT2D eigenvalue weighted by atomic mass is 16.6. The summed E-state index contributed by atoms with van der Waals surface area (Å²) in [6.45, 7) is 4.74. The van der Waals surface area contributed by atoms with Gasteiger partial charge in [-0.1, -0.05) is 6.07 Å². The molecular formula is C17H23N3O3. The summed E-state index contributed by atoms with van der Waals surface area (Å²) in [5.74, 6) is 1.49. The van der Waals surface area contributed by atoms with Gasteiger partial charge in [-0.2, -0.15) is 0 Å². The SMILES string of the molecule is O=C1CO[C@]2(COCCN(CC3CC3)C2)CN1c1ccccn1. The summed E-state index contributed by atoms with van der Waals surface area (Å²) in [6.07, 6.45) is 4.39. The van der Waals surface area contributed by atoms with Gasteiger partial charge in [-0.15, -0.1) is 0 Å². The molecule has 3 fully saturated rings. The molecule has 1 atom stereocenters. The second kappa shape index (κ2) is 6.19. The summed E-state index contributed by atoms with van der Waals surface area (Å²) < 4.78 is 11.8. The zero-order valence-electron chi connectivity index (χ0n) is 13.3. The first-order valence-corrected chi connectivity index (χ1v) is 8.40. The van der Waals surface area contributed by atoms with E-state index in [-0.39, 0.29) is 12.5 Å². The maximum Gasteiger partial charge on any atom is 0.254 e. The molecule has 23 heavy (non-hydrogen) atoms. The molecule has 1 aliphatic carbocycles. The van der Waals surface area contributed by atoms with Crippen molar-refractivity contribution in [2.75, 3.05) is 50.9 Å². The molecule has 1 saturated carbocycles. The number of anilines is 1. The number of carbonyl (C=O) groups excluding carboxylic acids is 1. The molecule has 6 nitrogen and oxygen atoms in total. The van der Waals surface area contributed by atoms with E-state index in [1.54, 1.807) is 11.1 Å². The van der Waals surface area contributed by atoms with Crippen LogP contribution >= 0.6 is 0 Å². The minimum Gasteiger partial charge on any atom is -0.377 e. The van der Waals surface area contributed by atoms with Crippen molar-refractivity contribution in [1.82, 2.24) is 9.88 Å². The highest BCUT2D eigenvalue weighted by Crippen LogP contribution is 2.32. The van der Waals surface area contributed by atoms with Crippen molar-refractivity contribution in [3.05, 3.63) is 24.4 Å². The Morgan fingerprint density at radius 1 is 1.30 bits per heavy atom. The summed E-state index contributed by atoms with van der Waals surface area (Å²) in [6, 6.07) is 5.63. The highest BCUT2D eigenvalue weighted by Gasteiger charge is 2.44. The second-order valence-electron chi connectivity index (χ2n) is 6.87. The van der Waals surface area contributed by atoms with Crippen LogP contribution in [0.1, 0.15) is 12.8 Å². The van der Waals surface area contributed by atoms with Crippen LogP contribution in [0.3, 0.4) is 0 Å². The summed E-state index contributed by atoms with van der Waals surface area (Å²) >= 11 is 0. The summed E-state index contributed by atoms with van der Waals surface area (Å²) in [4.78, 5) is 20.8. The lowest BCUT2D eigenvalue weighted by Gasteiger charge is -2.42. The molecule has 3 heterocycles. The molecule has 1 aromatic rings. The van der Waals surface area contributed by atoms with E-state index in [9.17, 15) is 4.79 Å². The summed E-state index contributed by atoms with van der Waals surface area (Å²) in [5.41, 5.74) is -0.448. The van der Waals surface area contributed by atoms with Crippen LogP contribution in [-0.4, -0.2) is 67.4 Å². The molecule has 6 heteroatoms. The van der Waals surface area contributed by atoms with Crippen LogP contribution in [0.2, 0.25) is 0 Å². The van der Waals surface area contributed by atoms with Gasteiger partial charge in [0, 0.05) is 25.8 Å². The van der Waals surface area contributed by atoms with E-state index in [1.165, 1.54) is 12.8 Å². The molecule has 0 unspecified atom stereocenters. The van der Waals surface area contributed by atoms with Crippen molar-refractivity contribution < 1.29 is 14.3 Å². The number of nitrogens with zero attached hydrogens (tertiary/aromatic N) is 3. The molecule has 124 valence electrons. The molecule has 1 aromatic heterocycles. The molecular weight excluding hydrogens is 294 g/mol. The Bertz CT molecular complexity index is 563. The van der Waals surface area contributed by atoms with Crippen molar-refractivity contribution in [1.29, 1.82) is 0 Å². The van der Waals surface area contributed by atoms with Crippen molar-refractivity contribution in [2.45, 2.75) is 18.4 Å². The Balaban J connectivity index is 1.52. The van der Waals surface area contributed by atoms with Crippen LogP contribution in [0.15, 0.2) is 24.4 Å². The fourth-order valence-corrected chi connectivity index (χ4v) is 3.43. The van der Waals surface area contributed by atoms with E-state index in [0.29, 0.717) is 19.0 Å². The molecule has 2 saturated heterocycles. The molecule has 0 radical (unpaired) electrons. The first-order valence-electron chi connectivity index (χ1n) is 8.40. The van der Waals surface area contributed by atoms with Gasteiger partial charge in [0.25, 0.3) is 5.91 Å². The molecule has 3 aliphatic rings. The van der Waals surface area contributed by atoms with Gasteiger partial charge in [-0.05, 0) is 30.9 Å². The van der Waals surface area contributed by atoms with Crippen LogP contribution in [0.4, 0.5) is 5.82 Å². The monoisotopic (exact) mass is 317 g/mol. The number of carbonyl (C=O) groups is 1. The van der Waals surface area contributed by atoms with E-state index in [1.807, 2.05) is 18.2 Å². The van der Waals surface area contributed by atoms with Gasteiger partial charge in [-0.25, -0.2) is 4.98 Å². The van der Waals surface area contributed by atoms with Gasteiger partial charge in [0.2, 0.25) is 0 Å². The molecule has 4 rings (SSSR count). The van der Waals surface area contributed by atoms with Crippen molar-refractivity contribution in [3.63, 3.8) is 0 Å². The maximum absolute atomic E-state index is 12.3. The number of hydrogen-bond acceptors (Lipinski definition) is 5. The number of rotatable bonds is 3. The van der Waals surface area contributed by atoms with Crippen LogP contribution in [0, 0.1) is 5.92 Å². The van der Waals surface area contributed by atoms with Gasteiger partial charge in [0.1, 0.15) is 18.0 Å². The van der Waals surface area contributed by atoms with E-state index < -0.39 is 5.60 Å². The predicted molar refractivity (Wildman–Crippen MR) is 85.3 cm³/mol. The van der Waals surface area contributed by atoms with Gasteiger partial charge >= 0.3 is 0 Å². The minimum atomic E-state index is -0.448. The fraction of sp³-hybridized carbons (Fsp3) is 0.647. The van der Waals surface area contributed by atoms with Crippen molar-refractivity contribution in [3.8, 4) is 0 Å². The van der Waals surface area contributed by atoms with Crippen LogP contribution in [0.5, 0.6) is 0 Å². The minimum absolute atomic E-state index is 0.0349. The lowest BCUT2D eigenvalue weighted by atomic mass is 10.0. The lowest BCUT2D eigenvalue weighted by Crippen LogP contribution is -2.61. The molecule has 0 N–H and O–H groups in total.